The Hall–Kier alpha value is -0.150. The number of aromatic nitrogens is 2. The average molecular weight is 207 g/mol. The largest absolute Gasteiger partial charge is 0.226 e. The highest BCUT2D eigenvalue weighted by Crippen LogP contribution is 2.11. The van der Waals surface area contributed by atoms with Gasteiger partial charge in [0.2, 0.25) is 0 Å². The molecule has 0 radical (unpaired) electrons. The Kier molecular flexibility index (Phi) is 2.03. The second kappa shape index (κ2) is 2.62. The van der Waals surface area contributed by atoms with E-state index in [0.717, 1.165) is 4.60 Å². The Morgan fingerprint density at radius 1 is 1.56 bits per heavy atom. The Morgan fingerprint density at radius 2 is 2.22 bits per heavy atom. The zero-order chi connectivity index (χ0) is 6.85. The summed E-state index contributed by atoms with van der Waals surface area (Å²) in [6.45, 7) is 1.79. The predicted molar refractivity (Wildman–Crippen MR) is 39.5 cm³/mol. The number of rotatable bonds is 0. The van der Waals surface area contributed by atoms with E-state index in [4.69, 9.17) is 11.6 Å². The van der Waals surface area contributed by atoms with Crippen LogP contribution in [-0.4, -0.2) is 9.97 Å². The Bertz CT molecular complexity index is 176. The first-order chi connectivity index (χ1) is 4.18. The summed E-state index contributed by atoms with van der Waals surface area (Å²) in [7, 11) is 0. The molecule has 0 aliphatic heterocycles. The van der Waals surface area contributed by atoms with Crippen molar-refractivity contribution in [2.45, 2.75) is 6.92 Å². The van der Waals surface area contributed by atoms with Crippen molar-refractivity contribution in [2.75, 3.05) is 0 Å². The molecule has 0 aliphatic rings. The van der Waals surface area contributed by atoms with E-state index in [1.807, 2.05) is 0 Å². The molecule has 1 aromatic heterocycles. The molecule has 0 N–H and O–H groups in total. The van der Waals surface area contributed by atoms with Gasteiger partial charge in [0.1, 0.15) is 15.6 Å². The molecular formula is C5H4BrClN2. The molecule has 1 aromatic rings. The van der Waals surface area contributed by atoms with Gasteiger partial charge in [0.05, 0.1) is 0 Å². The van der Waals surface area contributed by atoms with Crippen molar-refractivity contribution in [3.8, 4) is 0 Å². The molecule has 4 heteroatoms. The first-order valence-corrected chi connectivity index (χ1v) is 3.52. The third-order valence-electron chi connectivity index (χ3n) is 0.775. The second-order valence-electron chi connectivity index (χ2n) is 1.56. The van der Waals surface area contributed by atoms with Crippen LogP contribution in [0, 0.1) is 6.92 Å². The summed E-state index contributed by atoms with van der Waals surface area (Å²) in [5.74, 6) is 0.675. The molecule has 2 nitrogen and oxygen atoms in total. The van der Waals surface area contributed by atoms with Crippen molar-refractivity contribution in [3.05, 3.63) is 21.6 Å². The Balaban J connectivity index is 3.17. The molecule has 0 bridgehead atoms. The minimum absolute atomic E-state index is 0.467. The van der Waals surface area contributed by atoms with Gasteiger partial charge in [0.15, 0.2) is 0 Å². The minimum Gasteiger partial charge on any atom is -0.226 e. The van der Waals surface area contributed by atoms with E-state index in [2.05, 4.69) is 25.9 Å². The van der Waals surface area contributed by atoms with Crippen molar-refractivity contribution in [3.63, 3.8) is 0 Å². The maximum Gasteiger partial charge on any atom is 0.133 e. The first-order valence-electron chi connectivity index (χ1n) is 2.35. The van der Waals surface area contributed by atoms with Crippen LogP contribution in [0.4, 0.5) is 0 Å². The van der Waals surface area contributed by atoms with Gasteiger partial charge in [-0.05, 0) is 22.9 Å². The summed E-state index contributed by atoms with van der Waals surface area (Å²) in [6, 6.07) is 1.65. The highest BCUT2D eigenvalue weighted by molar-refractivity contribution is 9.10. The molecule has 0 aromatic carbocycles. The molecule has 1 rings (SSSR count). The van der Waals surface area contributed by atoms with Crippen LogP contribution in [0.5, 0.6) is 0 Å². The monoisotopic (exact) mass is 206 g/mol. The Labute approximate surface area is 66.4 Å². The zero-order valence-electron chi connectivity index (χ0n) is 4.73. The number of hydrogen-bond acceptors (Lipinski definition) is 2. The molecule has 0 saturated carbocycles. The van der Waals surface area contributed by atoms with Crippen molar-refractivity contribution in [1.29, 1.82) is 0 Å². The van der Waals surface area contributed by atoms with Gasteiger partial charge in [-0.3, -0.25) is 0 Å². The molecule has 1 heterocycles. The highest BCUT2D eigenvalue weighted by atomic mass is 79.9. The number of halogens is 2. The van der Waals surface area contributed by atoms with Gasteiger partial charge in [-0.15, -0.1) is 0 Å². The summed E-state index contributed by atoms with van der Waals surface area (Å²) in [5.41, 5.74) is 0. The van der Waals surface area contributed by atoms with Crippen LogP contribution in [0.2, 0.25) is 5.15 Å². The summed E-state index contributed by atoms with van der Waals surface area (Å²) >= 11 is 8.75. The van der Waals surface area contributed by atoms with Gasteiger partial charge in [0.25, 0.3) is 0 Å². The van der Waals surface area contributed by atoms with Crippen LogP contribution >= 0.6 is 27.5 Å². The number of nitrogens with zero attached hydrogens (tertiary/aromatic N) is 2. The van der Waals surface area contributed by atoms with E-state index >= 15 is 0 Å². The lowest BCUT2D eigenvalue weighted by Crippen LogP contribution is -1.86. The molecule has 0 saturated heterocycles. The highest BCUT2D eigenvalue weighted by Gasteiger charge is 1.93. The molecule has 0 unspecified atom stereocenters. The molecule has 0 aliphatic carbocycles. The Morgan fingerprint density at radius 3 is 2.67 bits per heavy atom. The molecule has 0 amide bonds. The van der Waals surface area contributed by atoms with Gasteiger partial charge in [0, 0.05) is 6.07 Å². The minimum atomic E-state index is 0.467. The molecule has 0 spiro atoms. The fourth-order valence-corrected chi connectivity index (χ4v) is 1.33. The maximum atomic E-state index is 5.57. The van der Waals surface area contributed by atoms with Crippen molar-refractivity contribution < 1.29 is 0 Å². The molecule has 0 fully saturated rings. The van der Waals surface area contributed by atoms with Gasteiger partial charge in [-0.1, -0.05) is 11.6 Å². The zero-order valence-corrected chi connectivity index (χ0v) is 7.07. The smallest absolute Gasteiger partial charge is 0.133 e. The van der Waals surface area contributed by atoms with Crippen molar-refractivity contribution in [1.82, 2.24) is 9.97 Å². The summed E-state index contributed by atoms with van der Waals surface area (Å²) in [6.07, 6.45) is 0. The summed E-state index contributed by atoms with van der Waals surface area (Å²) in [5, 5.41) is 0.467. The summed E-state index contributed by atoms with van der Waals surface area (Å²) < 4.78 is 0.722. The van der Waals surface area contributed by atoms with Crippen LogP contribution in [-0.2, 0) is 0 Å². The maximum absolute atomic E-state index is 5.57. The van der Waals surface area contributed by atoms with E-state index in [9.17, 15) is 0 Å². The fourth-order valence-electron chi connectivity index (χ4n) is 0.497. The quantitative estimate of drug-likeness (QED) is 0.610. The molecular weight excluding hydrogens is 203 g/mol. The van der Waals surface area contributed by atoms with Gasteiger partial charge < -0.3 is 0 Å². The lowest BCUT2D eigenvalue weighted by Gasteiger charge is -1.92. The van der Waals surface area contributed by atoms with E-state index in [-0.39, 0.29) is 0 Å². The van der Waals surface area contributed by atoms with Gasteiger partial charge in [-0.25, -0.2) is 9.97 Å². The van der Waals surface area contributed by atoms with Crippen LogP contribution in [0.25, 0.3) is 0 Å². The van der Waals surface area contributed by atoms with Gasteiger partial charge in [-0.2, -0.15) is 0 Å². The standard InChI is InChI=1S/C5H4BrClN2/c1-3-8-4(6)2-5(7)9-3/h2H,1H3. The number of hydrogen-bond donors (Lipinski definition) is 0. The van der Waals surface area contributed by atoms with Gasteiger partial charge >= 0.3 is 0 Å². The number of aryl methyl sites for hydroxylation is 1. The van der Waals surface area contributed by atoms with Crippen molar-refractivity contribution in [2.24, 2.45) is 0 Å². The summed E-state index contributed by atoms with van der Waals surface area (Å²) in [4.78, 5) is 7.81. The average Bonchev–Trinajstić information content (AvgIpc) is 1.59. The van der Waals surface area contributed by atoms with E-state index < -0.39 is 0 Å². The molecule has 0 atom stereocenters. The first kappa shape index (κ1) is 6.96. The van der Waals surface area contributed by atoms with Crippen LogP contribution in [0.3, 0.4) is 0 Å². The van der Waals surface area contributed by atoms with Crippen molar-refractivity contribution >= 4 is 27.5 Å². The fraction of sp³-hybridized carbons (Fsp3) is 0.200. The topological polar surface area (TPSA) is 25.8 Å². The SMILES string of the molecule is Cc1nc(Cl)cc(Br)n1. The van der Waals surface area contributed by atoms with E-state index in [0.29, 0.717) is 11.0 Å². The third-order valence-corrected chi connectivity index (χ3v) is 1.38. The lowest BCUT2D eigenvalue weighted by molar-refractivity contribution is 1.03. The van der Waals surface area contributed by atoms with Crippen LogP contribution in [0.1, 0.15) is 5.82 Å². The molecule has 48 valence electrons. The second-order valence-corrected chi connectivity index (χ2v) is 2.76. The third kappa shape index (κ3) is 1.91. The lowest BCUT2D eigenvalue weighted by atomic mass is 10.6. The molecule has 9 heavy (non-hydrogen) atoms. The van der Waals surface area contributed by atoms with Crippen LogP contribution in [0.15, 0.2) is 10.7 Å². The normalized spacial score (nSPS) is 9.67. The van der Waals surface area contributed by atoms with E-state index in [1.165, 1.54) is 0 Å². The predicted octanol–water partition coefficient (Wildman–Crippen LogP) is 2.20. The van der Waals surface area contributed by atoms with E-state index in [1.54, 1.807) is 13.0 Å². The van der Waals surface area contributed by atoms with Crippen LogP contribution < -0.4 is 0 Å².